The van der Waals surface area contributed by atoms with Crippen molar-refractivity contribution in [3.8, 4) is 22.9 Å². The summed E-state index contributed by atoms with van der Waals surface area (Å²) in [6, 6.07) is 16.8. The van der Waals surface area contributed by atoms with E-state index in [0.29, 0.717) is 48.6 Å². The fourth-order valence-corrected chi connectivity index (χ4v) is 4.58. The lowest BCUT2D eigenvalue weighted by molar-refractivity contribution is -0.140. The SMILES string of the molecule is CC(C)(O)COc1cc(-c2ccc(N3CCN(C(=O)C(O)c4ccccc4)CC3)nc2)c2c(C#N)cnn2c1. The second kappa shape index (κ2) is 10.7. The topological polar surface area (TPSA) is 127 Å². The highest BCUT2D eigenvalue weighted by Gasteiger charge is 2.27. The number of carbonyl (C=O) groups is 1. The molecule has 200 valence electrons. The van der Waals surface area contributed by atoms with Gasteiger partial charge in [0.05, 0.1) is 29.1 Å². The minimum Gasteiger partial charge on any atom is -0.489 e. The minimum absolute atomic E-state index is 0.0956. The summed E-state index contributed by atoms with van der Waals surface area (Å²) in [5, 5.41) is 34.5. The molecule has 0 radical (unpaired) electrons. The third-order valence-corrected chi connectivity index (χ3v) is 6.62. The van der Waals surface area contributed by atoms with Crippen LogP contribution in [0.15, 0.2) is 67.1 Å². The molecule has 1 aliphatic rings. The molecule has 39 heavy (non-hydrogen) atoms. The van der Waals surface area contributed by atoms with E-state index in [1.807, 2.05) is 24.3 Å². The molecule has 1 aromatic carbocycles. The van der Waals surface area contributed by atoms with Gasteiger partial charge in [-0.2, -0.15) is 10.4 Å². The van der Waals surface area contributed by atoms with E-state index in [4.69, 9.17) is 4.74 Å². The summed E-state index contributed by atoms with van der Waals surface area (Å²) < 4.78 is 7.40. The van der Waals surface area contributed by atoms with Gasteiger partial charge in [-0.1, -0.05) is 30.3 Å². The van der Waals surface area contributed by atoms with Crippen LogP contribution in [0.5, 0.6) is 5.75 Å². The van der Waals surface area contributed by atoms with Gasteiger partial charge < -0.3 is 24.7 Å². The quantitative estimate of drug-likeness (QED) is 0.376. The maximum atomic E-state index is 12.8. The van der Waals surface area contributed by atoms with Crippen LogP contribution in [0.2, 0.25) is 0 Å². The van der Waals surface area contributed by atoms with E-state index in [1.165, 1.54) is 6.20 Å². The van der Waals surface area contributed by atoms with Crippen molar-refractivity contribution >= 4 is 17.2 Å². The Morgan fingerprint density at radius 3 is 2.51 bits per heavy atom. The second-order valence-corrected chi connectivity index (χ2v) is 10.2. The predicted molar refractivity (Wildman–Crippen MR) is 145 cm³/mol. The summed E-state index contributed by atoms with van der Waals surface area (Å²) in [6.45, 7) is 5.56. The Bertz CT molecular complexity index is 1500. The maximum Gasteiger partial charge on any atom is 0.256 e. The molecule has 10 heteroatoms. The van der Waals surface area contributed by atoms with Crippen LogP contribution in [0.3, 0.4) is 0 Å². The lowest BCUT2D eigenvalue weighted by Crippen LogP contribution is -2.50. The van der Waals surface area contributed by atoms with Gasteiger partial charge in [0.1, 0.15) is 24.2 Å². The third kappa shape index (κ3) is 5.70. The number of hydrogen-bond acceptors (Lipinski definition) is 8. The molecule has 0 spiro atoms. The van der Waals surface area contributed by atoms with E-state index in [0.717, 1.165) is 16.9 Å². The Labute approximate surface area is 226 Å². The zero-order valence-electron chi connectivity index (χ0n) is 21.9. The van der Waals surface area contributed by atoms with Crippen molar-refractivity contribution in [2.75, 3.05) is 37.7 Å². The number of nitriles is 1. The van der Waals surface area contributed by atoms with Crippen LogP contribution in [-0.2, 0) is 4.79 Å². The third-order valence-electron chi connectivity index (χ3n) is 6.62. The molecule has 4 heterocycles. The molecule has 10 nitrogen and oxygen atoms in total. The zero-order chi connectivity index (χ0) is 27.6. The van der Waals surface area contributed by atoms with Gasteiger partial charge in [0.15, 0.2) is 6.10 Å². The molecule has 0 aliphatic carbocycles. The standard InChI is InChI=1S/C29H30N6O4/c1-29(2,38)19-39-23-14-24(26-22(15-30)17-32-35(26)18-23)21-8-9-25(31-16-21)33-10-12-34(13-11-33)28(37)27(36)20-6-4-3-5-7-20/h3-9,14,16-18,27,36,38H,10-13,19H2,1-2H3. The molecule has 1 fully saturated rings. The molecule has 1 atom stereocenters. The van der Waals surface area contributed by atoms with Gasteiger partial charge in [-0.05, 0) is 37.6 Å². The number of piperazine rings is 1. The van der Waals surface area contributed by atoms with Gasteiger partial charge in [0, 0.05) is 43.5 Å². The number of rotatable bonds is 7. The monoisotopic (exact) mass is 526 g/mol. The molecule has 2 N–H and O–H groups in total. The summed E-state index contributed by atoms with van der Waals surface area (Å²) in [5.74, 6) is 0.984. The number of hydrogen-bond donors (Lipinski definition) is 2. The summed E-state index contributed by atoms with van der Waals surface area (Å²) in [5.41, 5.74) is 2.18. The number of benzene rings is 1. The lowest BCUT2D eigenvalue weighted by atomic mass is 10.0. The fourth-order valence-electron chi connectivity index (χ4n) is 4.58. The first-order valence-electron chi connectivity index (χ1n) is 12.7. The first-order chi connectivity index (χ1) is 18.7. The highest BCUT2D eigenvalue weighted by atomic mass is 16.5. The lowest BCUT2D eigenvalue weighted by Gasteiger charge is -2.36. The van der Waals surface area contributed by atoms with Crippen molar-refractivity contribution in [1.29, 1.82) is 5.26 Å². The van der Waals surface area contributed by atoms with Gasteiger partial charge >= 0.3 is 0 Å². The molecule has 1 unspecified atom stereocenters. The van der Waals surface area contributed by atoms with Gasteiger partial charge in [0.25, 0.3) is 5.91 Å². The van der Waals surface area contributed by atoms with Crippen LogP contribution in [0, 0.1) is 11.3 Å². The summed E-state index contributed by atoms with van der Waals surface area (Å²) in [7, 11) is 0. The second-order valence-electron chi connectivity index (χ2n) is 10.2. The first kappa shape index (κ1) is 26.2. The van der Waals surface area contributed by atoms with E-state index >= 15 is 0 Å². The number of aliphatic hydroxyl groups is 2. The van der Waals surface area contributed by atoms with E-state index in [2.05, 4.69) is 21.1 Å². The first-order valence-corrected chi connectivity index (χ1v) is 12.7. The molecule has 1 amide bonds. The van der Waals surface area contributed by atoms with E-state index in [1.54, 1.807) is 59.9 Å². The fraction of sp³-hybridized carbons (Fsp3) is 0.310. The van der Waals surface area contributed by atoms with Crippen molar-refractivity contribution in [1.82, 2.24) is 19.5 Å². The smallest absolute Gasteiger partial charge is 0.256 e. The average molecular weight is 527 g/mol. The number of aromatic nitrogens is 3. The van der Waals surface area contributed by atoms with Crippen LogP contribution in [0.1, 0.15) is 31.1 Å². The van der Waals surface area contributed by atoms with Gasteiger partial charge in [-0.25, -0.2) is 9.50 Å². The Morgan fingerprint density at radius 2 is 1.87 bits per heavy atom. The number of ether oxygens (including phenoxy) is 1. The zero-order valence-corrected chi connectivity index (χ0v) is 21.9. The molecule has 3 aromatic heterocycles. The van der Waals surface area contributed by atoms with Gasteiger partial charge in [-0.3, -0.25) is 4.79 Å². The van der Waals surface area contributed by atoms with Gasteiger partial charge in [0.2, 0.25) is 0 Å². The van der Waals surface area contributed by atoms with Crippen molar-refractivity contribution in [2.24, 2.45) is 0 Å². The summed E-state index contributed by atoms with van der Waals surface area (Å²) >= 11 is 0. The molecular weight excluding hydrogens is 496 g/mol. The predicted octanol–water partition coefficient (Wildman–Crippen LogP) is 2.80. The molecule has 1 aliphatic heterocycles. The number of pyridine rings is 2. The number of amides is 1. The number of aliphatic hydroxyl groups excluding tert-OH is 1. The largest absolute Gasteiger partial charge is 0.489 e. The number of anilines is 1. The average Bonchev–Trinajstić information content (AvgIpc) is 3.38. The van der Waals surface area contributed by atoms with Crippen LogP contribution < -0.4 is 9.64 Å². The van der Waals surface area contributed by atoms with Crippen LogP contribution in [0.25, 0.3) is 16.6 Å². The number of carbonyl (C=O) groups excluding carboxylic acids is 1. The molecule has 0 saturated carbocycles. The van der Waals surface area contributed by atoms with Crippen LogP contribution in [-0.4, -0.2) is 74.0 Å². The molecule has 1 saturated heterocycles. The summed E-state index contributed by atoms with van der Waals surface area (Å²) in [4.78, 5) is 21.2. The van der Waals surface area contributed by atoms with E-state index < -0.39 is 11.7 Å². The molecule has 4 aromatic rings. The van der Waals surface area contributed by atoms with Crippen molar-refractivity contribution in [3.05, 3.63) is 78.2 Å². The van der Waals surface area contributed by atoms with E-state index in [-0.39, 0.29) is 12.5 Å². The highest BCUT2D eigenvalue weighted by molar-refractivity contribution is 5.85. The highest BCUT2D eigenvalue weighted by Crippen LogP contribution is 2.32. The normalized spacial score (nSPS) is 14.7. The minimum atomic E-state index is -1.17. The molecule has 5 rings (SSSR count). The Morgan fingerprint density at radius 1 is 1.13 bits per heavy atom. The Hall–Kier alpha value is -4.46. The van der Waals surface area contributed by atoms with E-state index in [9.17, 15) is 20.3 Å². The Kier molecular flexibility index (Phi) is 7.19. The van der Waals surface area contributed by atoms with Crippen molar-refractivity contribution in [3.63, 3.8) is 0 Å². The van der Waals surface area contributed by atoms with Crippen LogP contribution >= 0.6 is 0 Å². The van der Waals surface area contributed by atoms with Crippen LogP contribution in [0.4, 0.5) is 5.82 Å². The maximum absolute atomic E-state index is 12.8. The summed E-state index contributed by atoms with van der Waals surface area (Å²) in [6.07, 6.45) is 3.77. The molecule has 0 bridgehead atoms. The number of fused-ring (bicyclic) bond motifs is 1. The van der Waals surface area contributed by atoms with Gasteiger partial charge in [-0.15, -0.1) is 0 Å². The van der Waals surface area contributed by atoms with Crippen molar-refractivity contribution in [2.45, 2.75) is 25.6 Å². The number of nitrogens with zero attached hydrogens (tertiary/aromatic N) is 6. The van der Waals surface area contributed by atoms with Crippen molar-refractivity contribution < 1.29 is 19.7 Å². The molecular formula is C29H30N6O4. The Balaban J connectivity index is 1.32.